The number of nitrogens with zero attached hydrogens (tertiary/aromatic N) is 1. The third-order valence-electron chi connectivity index (χ3n) is 1.92. The van der Waals surface area contributed by atoms with Crippen molar-refractivity contribution in [1.29, 1.82) is 5.26 Å². The van der Waals surface area contributed by atoms with Gasteiger partial charge in [-0.15, -0.1) is 0 Å². The molecule has 0 aliphatic heterocycles. The number of nitrogens with one attached hydrogen (secondary N) is 1. The summed E-state index contributed by atoms with van der Waals surface area (Å²) in [7, 11) is 0. The van der Waals surface area contributed by atoms with E-state index in [1.807, 2.05) is 12.1 Å². The molecule has 1 heterocycles. The van der Waals surface area contributed by atoms with Crippen LogP contribution in [0.5, 0.6) is 5.75 Å². The summed E-state index contributed by atoms with van der Waals surface area (Å²) in [4.78, 5) is 3.02. The van der Waals surface area contributed by atoms with Crippen LogP contribution in [0.15, 0.2) is 24.4 Å². The molecule has 0 radical (unpaired) electrons. The summed E-state index contributed by atoms with van der Waals surface area (Å²) < 4.78 is 5.23. The molecule has 70 valence electrons. The van der Waals surface area contributed by atoms with Crippen LogP contribution in [-0.4, -0.2) is 11.6 Å². The molecule has 1 aromatic carbocycles. The highest BCUT2D eigenvalue weighted by atomic mass is 35.5. The van der Waals surface area contributed by atoms with Crippen molar-refractivity contribution in [3.63, 3.8) is 0 Å². The summed E-state index contributed by atoms with van der Waals surface area (Å²) in [5, 5.41) is 9.97. The van der Waals surface area contributed by atoms with E-state index in [-0.39, 0.29) is 6.61 Å². The van der Waals surface area contributed by atoms with Crippen molar-refractivity contribution < 1.29 is 4.74 Å². The summed E-state index contributed by atoms with van der Waals surface area (Å²) in [6, 6.07) is 7.29. The number of aromatic nitrogens is 1. The highest BCUT2D eigenvalue weighted by Gasteiger charge is 2.05. The molecular formula is C10H7ClN2O. The van der Waals surface area contributed by atoms with Gasteiger partial charge in [0.2, 0.25) is 0 Å². The van der Waals surface area contributed by atoms with Gasteiger partial charge in [0.15, 0.2) is 6.61 Å². The lowest BCUT2D eigenvalue weighted by molar-refractivity contribution is 0.372. The summed E-state index contributed by atoms with van der Waals surface area (Å²) in [6.07, 6.45) is 1.79. The van der Waals surface area contributed by atoms with E-state index < -0.39 is 0 Å². The Balaban J connectivity index is 2.51. The quantitative estimate of drug-likeness (QED) is 0.822. The smallest absolute Gasteiger partial charge is 0.174 e. The number of fused-ring (bicyclic) bond motifs is 1. The fourth-order valence-corrected chi connectivity index (χ4v) is 1.55. The van der Waals surface area contributed by atoms with E-state index in [0.717, 1.165) is 10.9 Å². The number of hydrogen-bond donors (Lipinski definition) is 1. The molecule has 0 aliphatic rings. The number of H-pyrrole nitrogens is 1. The van der Waals surface area contributed by atoms with Gasteiger partial charge in [-0.2, -0.15) is 5.26 Å². The van der Waals surface area contributed by atoms with Crippen molar-refractivity contribution in [2.75, 3.05) is 6.61 Å². The maximum Gasteiger partial charge on any atom is 0.174 e. The van der Waals surface area contributed by atoms with Gasteiger partial charge in [0, 0.05) is 11.6 Å². The van der Waals surface area contributed by atoms with Crippen molar-refractivity contribution in [3.05, 3.63) is 29.4 Å². The molecule has 0 bridgehead atoms. The maximum atomic E-state index is 8.39. The van der Waals surface area contributed by atoms with Gasteiger partial charge in [-0.05, 0) is 18.2 Å². The number of halogens is 1. The second kappa shape index (κ2) is 3.60. The van der Waals surface area contributed by atoms with E-state index in [1.54, 1.807) is 18.3 Å². The van der Waals surface area contributed by atoms with Gasteiger partial charge in [0.25, 0.3) is 0 Å². The molecule has 4 heteroatoms. The third kappa shape index (κ3) is 1.40. The first-order valence-electron chi connectivity index (χ1n) is 4.08. The summed E-state index contributed by atoms with van der Waals surface area (Å²) >= 11 is 5.96. The van der Waals surface area contributed by atoms with Gasteiger partial charge in [0.1, 0.15) is 11.8 Å². The van der Waals surface area contributed by atoms with E-state index in [1.165, 1.54) is 0 Å². The predicted molar refractivity (Wildman–Crippen MR) is 54.4 cm³/mol. The number of aromatic amines is 1. The highest BCUT2D eigenvalue weighted by molar-refractivity contribution is 6.35. The fraction of sp³-hybridized carbons (Fsp3) is 0.100. The van der Waals surface area contributed by atoms with Crippen LogP contribution in [-0.2, 0) is 0 Å². The van der Waals surface area contributed by atoms with Crippen LogP contribution < -0.4 is 4.74 Å². The molecule has 1 aromatic heterocycles. The average molecular weight is 207 g/mol. The molecule has 0 atom stereocenters. The number of rotatable bonds is 2. The summed E-state index contributed by atoms with van der Waals surface area (Å²) in [5.74, 6) is 0.649. The van der Waals surface area contributed by atoms with Crippen molar-refractivity contribution >= 4 is 22.5 Å². The first-order chi connectivity index (χ1) is 6.83. The number of benzene rings is 1. The van der Waals surface area contributed by atoms with E-state index in [2.05, 4.69) is 4.98 Å². The second-order valence-corrected chi connectivity index (χ2v) is 3.17. The first kappa shape index (κ1) is 8.92. The molecule has 0 amide bonds. The van der Waals surface area contributed by atoms with Gasteiger partial charge in [0.05, 0.1) is 10.5 Å². The van der Waals surface area contributed by atoms with Crippen LogP contribution in [0.2, 0.25) is 5.02 Å². The predicted octanol–water partition coefficient (Wildman–Crippen LogP) is 2.72. The first-order valence-corrected chi connectivity index (χ1v) is 4.46. The molecule has 0 fully saturated rings. The van der Waals surface area contributed by atoms with Gasteiger partial charge in [-0.3, -0.25) is 0 Å². The lowest BCUT2D eigenvalue weighted by Gasteiger charge is -2.03. The van der Waals surface area contributed by atoms with Crippen LogP contribution in [0.3, 0.4) is 0 Å². The molecule has 3 nitrogen and oxygen atoms in total. The molecule has 14 heavy (non-hydrogen) atoms. The maximum absolute atomic E-state index is 8.39. The third-order valence-corrected chi connectivity index (χ3v) is 2.25. The van der Waals surface area contributed by atoms with Gasteiger partial charge in [-0.25, -0.2) is 0 Å². The largest absolute Gasteiger partial charge is 0.477 e. The van der Waals surface area contributed by atoms with Crippen LogP contribution >= 0.6 is 11.6 Å². The number of hydrogen-bond acceptors (Lipinski definition) is 2. The molecule has 0 saturated carbocycles. The fourth-order valence-electron chi connectivity index (χ4n) is 1.32. The Labute approximate surface area is 85.9 Å². The van der Waals surface area contributed by atoms with Crippen molar-refractivity contribution in [2.24, 2.45) is 0 Å². The minimum absolute atomic E-state index is 0.0375. The lowest BCUT2D eigenvalue weighted by atomic mass is 10.2. The monoisotopic (exact) mass is 206 g/mol. The van der Waals surface area contributed by atoms with E-state index >= 15 is 0 Å². The number of nitriles is 1. The summed E-state index contributed by atoms with van der Waals surface area (Å²) in [5.41, 5.74) is 0.827. The van der Waals surface area contributed by atoms with Crippen molar-refractivity contribution in [1.82, 2.24) is 4.98 Å². The molecule has 2 rings (SSSR count). The standard InChI is InChI=1S/C10H7ClN2O/c11-8-1-2-9(14-6-4-12)10-7(8)3-5-13-10/h1-3,5,13H,6H2. The van der Waals surface area contributed by atoms with Crippen LogP contribution in [0.25, 0.3) is 10.9 Å². The molecular weight excluding hydrogens is 200 g/mol. The van der Waals surface area contributed by atoms with Gasteiger partial charge >= 0.3 is 0 Å². The lowest BCUT2D eigenvalue weighted by Crippen LogP contribution is -1.93. The molecule has 0 saturated heterocycles. The molecule has 1 N–H and O–H groups in total. The zero-order valence-corrected chi connectivity index (χ0v) is 8.01. The zero-order chi connectivity index (χ0) is 9.97. The zero-order valence-electron chi connectivity index (χ0n) is 7.25. The Morgan fingerprint density at radius 3 is 3.07 bits per heavy atom. The van der Waals surface area contributed by atoms with Crippen LogP contribution in [0, 0.1) is 11.3 Å². The SMILES string of the molecule is N#CCOc1ccc(Cl)c2cc[nH]c12. The van der Waals surface area contributed by atoms with E-state index in [0.29, 0.717) is 10.8 Å². The van der Waals surface area contributed by atoms with Gasteiger partial charge in [-0.1, -0.05) is 11.6 Å². The highest BCUT2D eigenvalue weighted by Crippen LogP contribution is 2.30. The Morgan fingerprint density at radius 2 is 2.29 bits per heavy atom. The topological polar surface area (TPSA) is 48.8 Å². The van der Waals surface area contributed by atoms with Crippen LogP contribution in [0.1, 0.15) is 0 Å². The average Bonchev–Trinajstić information content (AvgIpc) is 2.66. The normalized spacial score (nSPS) is 10.0. The Hall–Kier alpha value is -1.66. The molecule has 0 spiro atoms. The minimum atomic E-state index is 0.0375. The molecule has 0 aliphatic carbocycles. The number of ether oxygens (including phenoxy) is 1. The van der Waals surface area contributed by atoms with Crippen molar-refractivity contribution in [3.8, 4) is 11.8 Å². The Bertz CT molecular complexity index is 498. The molecule has 2 aromatic rings. The Kier molecular flexibility index (Phi) is 2.30. The van der Waals surface area contributed by atoms with Crippen LogP contribution in [0.4, 0.5) is 0 Å². The molecule has 0 unspecified atom stereocenters. The summed E-state index contributed by atoms with van der Waals surface area (Å²) in [6.45, 7) is 0.0375. The minimum Gasteiger partial charge on any atom is -0.477 e. The van der Waals surface area contributed by atoms with Crippen molar-refractivity contribution in [2.45, 2.75) is 0 Å². The second-order valence-electron chi connectivity index (χ2n) is 2.76. The van der Waals surface area contributed by atoms with E-state index in [9.17, 15) is 0 Å². The van der Waals surface area contributed by atoms with E-state index in [4.69, 9.17) is 21.6 Å². The van der Waals surface area contributed by atoms with Gasteiger partial charge < -0.3 is 9.72 Å². The Morgan fingerprint density at radius 1 is 1.43 bits per heavy atom.